The van der Waals surface area contributed by atoms with Gasteiger partial charge in [-0.15, -0.1) is 0 Å². The lowest BCUT2D eigenvalue weighted by atomic mass is 9.65. The minimum atomic E-state index is -0.744. The van der Waals surface area contributed by atoms with Crippen LogP contribution in [0, 0.1) is 0 Å². The molecule has 14 aromatic rings. The Morgan fingerprint density at radius 3 is 1.00 bits per heavy atom. The van der Waals surface area contributed by atoms with Crippen LogP contribution in [0.3, 0.4) is 0 Å². The molecule has 0 bridgehead atoms. The Morgan fingerprint density at radius 2 is 0.529 bits per heavy atom. The number of anilines is 3. The van der Waals surface area contributed by atoms with Crippen molar-refractivity contribution in [2.24, 2.45) is 0 Å². The summed E-state index contributed by atoms with van der Waals surface area (Å²) < 4.78 is 7.44. The number of benzene rings is 14. The maximum atomic E-state index is 7.44. The molecule has 394 valence electrons. The molecule has 2 spiro atoms. The van der Waals surface area contributed by atoms with Gasteiger partial charge in [0.05, 0.1) is 16.2 Å². The maximum absolute atomic E-state index is 7.44. The second-order valence-electron chi connectivity index (χ2n) is 23.7. The fourth-order valence-corrected chi connectivity index (χ4v) is 16.8. The van der Waals surface area contributed by atoms with Gasteiger partial charge in [-0.05, 0) is 147 Å². The van der Waals surface area contributed by atoms with Crippen LogP contribution in [0.4, 0.5) is 17.1 Å². The molecule has 1 heterocycles. The number of fused-ring (bicyclic) bond motifs is 26. The van der Waals surface area contributed by atoms with E-state index in [-0.39, 0.29) is 0 Å². The Balaban J connectivity index is 0.912. The molecule has 14 aromatic carbocycles. The first kappa shape index (κ1) is 46.8. The molecule has 1 aliphatic heterocycles. The normalized spacial score (nSPS) is 14.7. The van der Waals surface area contributed by atoms with Gasteiger partial charge < -0.3 is 9.64 Å². The molecule has 0 unspecified atom stereocenters. The quantitative estimate of drug-likeness (QED) is 0.170. The van der Waals surface area contributed by atoms with Crippen molar-refractivity contribution >= 4 is 38.6 Å². The first-order chi connectivity index (χ1) is 42.2. The van der Waals surface area contributed by atoms with E-state index in [2.05, 4.69) is 314 Å². The van der Waals surface area contributed by atoms with Gasteiger partial charge in [-0.1, -0.05) is 273 Å². The average Bonchev–Trinajstić information content (AvgIpc) is 1.75. The molecule has 5 aliphatic rings. The molecule has 2 heteroatoms. The molecule has 0 N–H and O–H groups in total. The molecule has 0 radical (unpaired) electrons. The highest BCUT2D eigenvalue weighted by Crippen LogP contribution is 2.67. The van der Waals surface area contributed by atoms with Crippen molar-refractivity contribution in [3.05, 3.63) is 376 Å². The zero-order chi connectivity index (χ0) is 55.6. The lowest BCUT2D eigenvalue weighted by Gasteiger charge is -2.40. The van der Waals surface area contributed by atoms with Gasteiger partial charge >= 0.3 is 0 Å². The SMILES string of the molecule is c1ccc(C2(c3ccccc3)c3ccccc3-c3ccc(N(c4ccc5c(c4)-c4ccccc4C54c5ccccc5-c5ccccc54)c4ccc5c(c4)C4(c6ccccc6-5)c5ccc6ccccc6c5Oc5c4ccc4ccccc54)cc32)cc1. The first-order valence-electron chi connectivity index (χ1n) is 29.7. The van der Waals surface area contributed by atoms with Crippen LogP contribution in [-0.2, 0) is 16.2 Å². The highest BCUT2D eigenvalue weighted by molar-refractivity contribution is 6.02. The van der Waals surface area contributed by atoms with Crippen LogP contribution in [-0.4, -0.2) is 0 Å². The summed E-state index contributed by atoms with van der Waals surface area (Å²) in [6.07, 6.45) is 0. The van der Waals surface area contributed by atoms with Gasteiger partial charge in [0.2, 0.25) is 0 Å². The van der Waals surface area contributed by atoms with E-state index in [1.165, 1.54) is 100 Å². The van der Waals surface area contributed by atoms with Gasteiger partial charge in [-0.3, -0.25) is 0 Å². The van der Waals surface area contributed by atoms with Crippen LogP contribution < -0.4 is 9.64 Å². The Bertz CT molecular complexity index is 5020. The van der Waals surface area contributed by atoms with Crippen molar-refractivity contribution < 1.29 is 4.74 Å². The van der Waals surface area contributed by atoms with Crippen LogP contribution in [0.15, 0.2) is 309 Å². The van der Waals surface area contributed by atoms with Crippen LogP contribution >= 0.6 is 0 Å². The smallest absolute Gasteiger partial charge is 0.140 e. The van der Waals surface area contributed by atoms with E-state index in [0.29, 0.717) is 0 Å². The zero-order valence-corrected chi connectivity index (χ0v) is 46.3. The van der Waals surface area contributed by atoms with E-state index < -0.39 is 16.2 Å². The van der Waals surface area contributed by atoms with E-state index in [1.54, 1.807) is 0 Å². The molecular formula is C83H51NO. The highest BCUT2D eigenvalue weighted by Gasteiger charge is 2.54. The Labute approximate surface area is 493 Å². The van der Waals surface area contributed by atoms with Gasteiger partial charge in [-0.25, -0.2) is 0 Å². The number of ether oxygens (including phenoxy) is 1. The molecule has 0 saturated heterocycles. The Hall–Kier alpha value is -10.8. The summed E-state index contributed by atoms with van der Waals surface area (Å²) in [4.78, 5) is 2.56. The number of hydrogen-bond donors (Lipinski definition) is 0. The first-order valence-corrected chi connectivity index (χ1v) is 29.7. The van der Waals surface area contributed by atoms with Crippen molar-refractivity contribution in [1.29, 1.82) is 0 Å². The monoisotopic (exact) mass is 1080 g/mol. The fourth-order valence-electron chi connectivity index (χ4n) is 16.8. The van der Waals surface area contributed by atoms with Crippen LogP contribution in [0.25, 0.3) is 66.1 Å². The van der Waals surface area contributed by atoms with E-state index in [4.69, 9.17) is 4.74 Å². The molecule has 0 aromatic heterocycles. The molecule has 0 amide bonds. The minimum Gasteiger partial charge on any atom is -0.455 e. The number of hydrogen-bond acceptors (Lipinski definition) is 2. The fraction of sp³-hybridized carbons (Fsp3) is 0.0361. The summed E-state index contributed by atoms with van der Waals surface area (Å²) >= 11 is 0. The van der Waals surface area contributed by atoms with Gasteiger partial charge in [0.25, 0.3) is 0 Å². The number of rotatable bonds is 5. The van der Waals surface area contributed by atoms with E-state index in [9.17, 15) is 0 Å². The van der Waals surface area contributed by atoms with Crippen molar-refractivity contribution in [1.82, 2.24) is 0 Å². The third-order valence-electron chi connectivity index (χ3n) is 20.0. The third-order valence-corrected chi connectivity index (χ3v) is 20.0. The minimum absolute atomic E-state index is 0.475. The van der Waals surface area contributed by atoms with Crippen LogP contribution in [0.2, 0.25) is 0 Å². The van der Waals surface area contributed by atoms with Crippen molar-refractivity contribution in [2.45, 2.75) is 16.2 Å². The number of nitrogens with zero attached hydrogens (tertiary/aromatic N) is 1. The van der Waals surface area contributed by atoms with Gasteiger partial charge in [0, 0.05) is 39.0 Å². The summed E-state index contributed by atoms with van der Waals surface area (Å²) in [5.74, 6) is 1.81. The summed E-state index contributed by atoms with van der Waals surface area (Å²) in [7, 11) is 0. The Morgan fingerprint density at radius 1 is 0.212 bits per heavy atom. The van der Waals surface area contributed by atoms with Crippen LogP contribution in [0.1, 0.15) is 66.8 Å². The Kier molecular flexibility index (Phi) is 9.43. The summed E-state index contributed by atoms with van der Waals surface area (Å²) in [5.41, 5.74) is 26.6. The lowest BCUT2D eigenvalue weighted by Crippen LogP contribution is -2.32. The largest absolute Gasteiger partial charge is 0.455 e. The zero-order valence-electron chi connectivity index (χ0n) is 46.3. The third kappa shape index (κ3) is 5.88. The second kappa shape index (κ2) is 17.1. The van der Waals surface area contributed by atoms with Gasteiger partial charge in [-0.2, -0.15) is 0 Å². The molecule has 19 rings (SSSR count). The summed E-state index contributed by atoms with van der Waals surface area (Å²) in [5, 5.41) is 4.50. The molecule has 0 fully saturated rings. The summed E-state index contributed by atoms with van der Waals surface area (Å²) in [6, 6.07) is 117. The van der Waals surface area contributed by atoms with Crippen molar-refractivity contribution in [3.8, 4) is 56.0 Å². The molecule has 85 heavy (non-hydrogen) atoms. The standard InChI is InChI=1S/C83H51NO/c1-3-23-54(24-4-1)81(55-25-5-2-6-26-55)69-34-16-11-31-63(69)66-44-41-57(50-77(66)81)84(56-43-48-74-68(49-56)65-33-15-20-38-73(65)82(74)70-35-17-12-29-61(70)62-30-13-18-36-71(62)82)58-42-45-67-64-32-14-19-37-72(64)83(78(67)51-58)75-46-39-52-21-7-9-27-59(52)79(75)85-80-60-28-10-8-22-53(60)40-47-76(80)83/h1-51H. The van der Waals surface area contributed by atoms with Crippen LogP contribution in [0.5, 0.6) is 11.5 Å². The predicted molar refractivity (Wildman–Crippen MR) is 347 cm³/mol. The predicted octanol–water partition coefficient (Wildman–Crippen LogP) is 20.6. The van der Waals surface area contributed by atoms with E-state index in [1.807, 2.05) is 0 Å². The summed E-state index contributed by atoms with van der Waals surface area (Å²) in [6.45, 7) is 0. The van der Waals surface area contributed by atoms with Gasteiger partial charge in [0.1, 0.15) is 11.5 Å². The van der Waals surface area contributed by atoms with Crippen molar-refractivity contribution in [2.75, 3.05) is 4.90 Å². The van der Waals surface area contributed by atoms with E-state index in [0.717, 1.165) is 61.2 Å². The molecule has 0 atom stereocenters. The highest BCUT2D eigenvalue weighted by atomic mass is 16.5. The van der Waals surface area contributed by atoms with Gasteiger partial charge in [0.15, 0.2) is 0 Å². The van der Waals surface area contributed by atoms with Crippen molar-refractivity contribution in [3.63, 3.8) is 0 Å². The topological polar surface area (TPSA) is 12.5 Å². The maximum Gasteiger partial charge on any atom is 0.140 e. The molecule has 0 saturated carbocycles. The lowest BCUT2D eigenvalue weighted by molar-refractivity contribution is 0.447. The molecule has 4 aliphatic carbocycles. The second-order valence-corrected chi connectivity index (χ2v) is 23.7. The van der Waals surface area contributed by atoms with E-state index >= 15 is 0 Å². The molecule has 2 nitrogen and oxygen atoms in total. The molecular weight excluding hydrogens is 1030 g/mol. The average molecular weight is 1080 g/mol.